The molecule has 0 unspecified atom stereocenters. The molecule has 8 nitrogen and oxygen atoms in total. The quantitative estimate of drug-likeness (QED) is 0.381. The number of nitrogens with two attached hydrogens (primary N) is 1. The van der Waals surface area contributed by atoms with Gasteiger partial charge >= 0.3 is 5.69 Å². The van der Waals surface area contributed by atoms with Crippen molar-refractivity contribution in [3.05, 3.63) is 63.8 Å². The molecular weight excluding hydrogens is 416 g/mol. The van der Waals surface area contributed by atoms with Crippen molar-refractivity contribution in [2.75, 3.05) is 31.7 Å². The Morgan fingerprint density at radius 2 is 1.76 bits per heavy atom. The van der Waals surface area contributed by atoms with Crippen LogP contribution in [0.2, 0.25) is 0 Å². The van der Waals surface area contributed by atoms with Crippen molar-refractivity contribution in [1.82, 2.24) is 14.9 Å². The lowest BCUT2D eigenvalue weighted by Gasteiger charge is -2.30. The highest BCUT2D eigenvalue weighted by atomic mass is 16.6. The van der Waals surface area contributed by atoms with Gasteiger partial charge in [0.25, 0.3) is 0 Å². The van der Waals surface area contributed by atoms with E-state index in [0.717, 1.165) is 48.6 Å². The number of anilines is 2. The molecule has 3 aromatic rings. The molecule has 1 saturated carbocycles. The zero-order chi connectivity index (χ0) is 23.4. The van der Waals surface area contributed by atoms with Crippen LogP contribution in [0.1, 0.15) is 36.9 Å². The first-order chi connectivity index (χ1) is 15.9. The summed E-state index contributed by atoms with van der Waals surface area (Å²) in [5, 5.41) is 17.3. The van der Waals surface area contributed by atoms with E-state index in [2.05, 4.69) is 58.5 Å². The summed E-state index contributed by atoms with van der Waals surface area (Å²) in [7, 11) is 4.21. The number of aromatic nitrogens is 2. The van der Waals surface area contributed by atoms with Gasteiger partial charge in [-0.05, 0) is 74.4 Å². The van der Waals surface area contributed by atoms with Crippen LogP contribution in [0.3, 0.4) is 0 Å². The van der Waals surface area contributed by atoms with Crippen LogP contribution in [-0.2, 0) is 13.0 Å². The van der Waals surface area contributed by atoms with E-state index in [4.69, 9.17) is 5.73 Å². The second-order valence-corrected chi connectivity index (χ2v) is 9.33. The van der Waals surface area contributed by atoms with E-state index in [9.17, 15) is 10.1 Å². The molecule has 174 valence electrons. The fraction of sp³-hybridized carbons (Fsp3) is 0.440. The predicted octanol–water partition coefficient (Wildman–Crippen LogP) is 4.64. The van der Waals surface area contributed by atoms with Crippen molar-refractivity contribution in [2.45, 2.75) is 38.6 Å². The summed E-state index contributed by atoms with van der Waals surface area (Å²) in [4.78, 5) is 22.3. The summed E-state index contributed by atoms with van der Waals surface area (Å²) < 4.78 is 0. The highest BCUT2D eigenvalue weighted by molar-refractivity contribution is 5.85. The molecule has 33 heavy (non-hydrogen) atoms. The molecule has 0 radical (unpaired) electrons. The number of hydrogen-bond donors (Lipinski definition) is 2. The fourth-order valence-electron chi connectivity index (χ4n) is 4.97. The van der Waals surface area contributed by atoms with Crippen molar-refractivity contribution < 1.29 is 4.92 Å². The summed E-state index contributed by atoms with van der Waals surface area (Å²) >= 11 is 0. The monoisotopic (exact) mass is 448 g/mol. The Morgan fingerprint density at radius 1 is 1.06 bits per heavy atom. The predicted molar refractivity (Wildman–Crippen MR) is 132 cm³/mol. The molecule has 8 heteroatoms. The van der Waals surface area contributed by atoms with Gasteiger partial charge in [-0.1, -0.05) is 42.5 Å². The highest BCUT2D eigenvalue weighted by Gasteiger charge is 2.28. The average molecular weight is 449 g/mol. The molecule has 1 heterocycles. The molecule has 1 aliphatic rings. The van der Waals surface area contributed by atoms with Crippen molar-refractivity contribution in [3.63, 3.8) is 0 Å². The number of nitrogens with zero attached hydrogens (tertiary/aromatic N) is 4. The van der Waals surface area contributed by atoms with E-state index in [-0.39, 0.29) is 11.5 Å². The maximum Gasteiger partial charge on any atom is 0.332 e. The summed E-state index contributed by atoms with van der Waals surface area (Å²) in [5.41, 5.74) is 7.41. The minimum absolute atomic E-state index is 0.0771. The first-order valence-corrected chi connectivity index (χ1v) is 11.6. The highest BCUT2D eigenvalue weighted by Crippen LogP contribution is 2.34. The van der Waals surface area contributed by atoms with Crippen LogP contribution in [0.4, 0.5) is 17.5 Å². The Hall–Kier alpha value is -3.26. The van der Waals surface area contributed by atoms with Crippen molar-refractivity contribution in [2.24, 2.45) is 11.8 Å². The largest absolute Gasteiger partial charge is 0.378 e. The fourth-order valence-corrected chi connectivity index (χ4v) is 4.97. The summed E-state index contributed by atoms with van der Waals surface area (Å²) in [6.45, 7) is 1.60. The maximum atomic E-state index is 11.7. The van der Waals surface area contributed by atoms with Crippen molar-refractivity contribution in [3.8, 4) is 0 Å². The van der Waals surface area contributed by atoms with Crippen LogP contribution in [-0.4, -0.2) is 40.4 Å². The topological polar surface area (TPSA) is 110 Å². The second kappa shape index (κ2) is 10.1. The smallest absolute Gasteiger partial charge is 0.332 e. The van der Waals surface area contributed by atoms with Crippen LogP contribution in [0, 0.1) is 22.0 Å². The minimum Gasteiger partial charge on any atom is -0.378 e. The molecule has 0 aliphatic heterocycles. The Bertz CT molecular complexity index is 1120. The molecule has 0 spiro atoms. The molecule has 1 aliphatic carbocycles. The van der Waals surface area contributed by atoms with Crippen LogP contribution in [0.25, 0.3) is 10.8 Å². The van der Waals surface area contributed by atoms with Gasteiger partial charge in [0.15, 0.2) is 0 Å². The van der Waals surface area contributed by atoms with Gasteiger partial charge in [0.05, 0.1) is 4.92 Å². The Labute approximate surface area is 194 Å². The number of hydrogen-bond acceptors (Lipinski definition) is 7. The Morgan fingerprint density at radius 3 is 2.48 bits per heavy atom. The van der Waals surface area contributed by atoms with Gasteiger partial charge in [-0.25, -0.2) is 4.98 Å². The van der Waals surface area contributed by atoms with Gasteiger partial charge in [-0.2, -0.15) is 4.98 Å². The van der Waals surface area contributed by atoms with Gasteiger partial charge in [-0.15, -0.1) is 0 Å². The van der Waals surface area contributed by atoms with E-state index >= 15 is 0 Å². The van der Waals surface area contributed by atoms with Crippen LogP contribution >= 0.6 is 0 Å². The summed E-state index contributed by atoms with van der Waals surface area (Å²) in [5.74, 6) is 1.33. The minimum atomic E-state index is -0.448. The van der Waals surface area contributed by atoms with Gasteiger partial charge < -0.3 is 16.0 Å². The normalized spacial score (nSPS) is 18.5. The number of rotatable bonds is 8. The maximum absolute atomic E-state index is 11.7. The molecule has 4 rings (SSSR count). The molecule has 1 fully saturated rings. The van der Waals surface area contributed by atoms with Crippen LogP contribution < -0.4 is 11.1 Å². The standard InChI is InChI=1S/C25H32N6O2/c1-30(2)16-18-12-10-17(11-13-18)14-22-23(31(32)33)24(26)29-25(28-22)27-15-20-8-5-7-19-6-3-4-9-21(19)20/h3-9,17-18H,10-16H2,1-2H3,(H3,26,27,28,29)/t17-,18+. The zero-order valence-corrected chi connectivity index (χ0v) is 19.3. The molecule has 1 aromatic heterocycles. The third-order valence-corrected chi connectivity index (χ3v) is 6.55. The third-order valence-electron chi connectivity index (χ3n) is 6.55. The molecule has 3 N–H and O–H groups in total. The van der Waals surface area contributed by atoms with Gasteiger partial charge in [0, 0.05) is 13.1 Å². The first kappa shape index (κ1) is 22.9. The summed E-state index contributed by atoms with van der Waals surface area (Å²) in [6, 6.07) is 14.3. The second-order valence-electron chi connectivity index (χ2n) is 9.33. The lowest BCUT2D eigenvalue weighted by Crippen LogP contribution is -2.26. The van der Waals surface area contributed by atoms with E-state index < -0.39 is 4.92 Å². The van der Waals surface area contributed by atoms with E-state index in [1.807, 2.05) is 18.2 Å². The molecular formula is C25H32N6O2. The number of fused-ring (bicyclic) bond motifs is 1. The van der Waals surface area contributed by atoms with Crippen LogP contribution in [0.5, 0.6) is 0 Å². The third kappa shape index (κ3) is 5.57. The molecule has 2 aromatic carbocycles. The number of nitrogen functional groups attached to an aromatic ring is 1. The van der Waals surface area contributed by atoms with Gasteiger partial charge in [-0.3, -0.25) is 10.1 Å². The molecule has 0 bridgehead atoms. The summed E-state index contributed by atoms with van der Waals surface area (Å²) in [6.07, 6.45) is 4.95. The number of benzene rings is 2. The SMILES string of the molecule is CN(C)C[C@H]1CC[C@@H](Cc2nc(NCc3cccc4ccccc34)nc(N)c2[N+](=O)[O-])CC1. The lowest BCUT2D eigenvalue weighted by atomic mass is 9.79. The Balaban J connectivity index is 1.50. The van der Waals surface area contributed by atoms with E-state index in [1.165, 1.54) is 0 Å². The lowest BCUT2D eigenvalue weighted by molar-refractivity contribution is -0.385. The average Bonchev–Trinajstić information content (AvgIpc) is 2.78. The van der Waals surface area contributed by atoms with Gasteiger partial charge in [0.2, 0.25) is 11.8 Å². The zero-order valence-electron chi connectivity index (χ0n) is 19.3. The van der Waals surface area contributed by atoms with Crippen molar-refractivity contribution in [1.29, 1.82) is 0 Å². The molecule has 0 atom stereocenters. The number of nitro groups is 1. The Kier molecular flexibility index (Phi) is 7.03. The van der Waals surface area contributed by atoms with Crippen molar-refractivity contribution >= 4 is 28.2 Å². The van der Waals surface area contributed by atoms with E-state index in [0.29, 0.717) is 36.4 Å². The molecule has 0 amide bonds. The number of nitrogens with one attached hydrogen (secondary N) is 1. The van der Waals surface area contributed by atoms with Gasteiger partial charge in [0.1, 0.15) is 5.69 Å². The van der Waals surface area contributed by atoms with Crippen LogP contribution in [0.15, 0.2) is 42.5 Å². The van der Waals surface area contributed by atoms with E-state index in [1.54, 1.807) is 0 Å². The molecule has 0 saturated heterocycles. The first-order valence-electron chi connectivity index (χ1n) is 11.6.